The molecule has 0 saturated heterocycles. The van der Waals surface area contributed by atoms with Gasteiger partial charge in [0, 0.05) is 11.9 Å². The molecule has 1 heteroatoms. The molecule has 0 spiro atoms. The summed E-state index contributed by atoms with van der Waals surface area (Å²) in [7, 11) is 0. The van der Waals surface area contributed by atoms with Gasteiger partial charge < -0.3 is 0 Å². The van der Waals surface area contributed by atoms with Gasteiger partial charge >= 0.3 is 0 Å². The maximum Gasteiger partial charge on any atom is 0.0408 e. The van der Waals surface area contributed by atoms with Crippen molar-refractivity contribution in [3.8, 4) is 0 Å². The molecule has 0 radical (unpaired) electrons. The molecule has 0 aliphatic heterocycles. The van der Waals surface area contributed by atoms with Gasteiger partial charge in [0.15, 0.2) is 0 Å². The number of rotatable bonds is 4. The lowest BCUT2D eigenvalue weighted by atomic mass is 9.88. The first-order valence-electron chi connectivity index (χ1n) is 6.30. The Labute approximate surface area is 100 Å². The van der Waals surface area contributed by atoms with Gasteiger partial charge in [0.1, 0.15) is 0 Å². The lowest BCUT2D eigenvalue weighted by Gasteiger charge is -2.17. The highest BCUT2D eigenvalue weighted by atomic mass is 14.7. The summed E-state index contributed by atoms with van der Waals surface area (Å²) in [6.07, 6.45) is 5.44. The predicted octanol–water partition coefficient (Wildman–Crippen LogP) is 4.26. The molecule has 90 valence electrons. The molecule has 1 nitrogen and oxygen atoms in total. The zero-order valence-corrected chi connectivity index (χ0v) is 11.4. The highest BCUT2D eigenvalue weighted by Gasteiger charge is 2.10. The topological polar surface area (TPSA) is 12.9 Å². The fraction of sp³-hybridized carbons (Fsp3) is 0.667. The Balaban J connectivity index is 2.60. The van der Waals surface area contributed by atoms with Crippen LogP contribution < -0.4 is 0 Å². The quantitative estimate of drug-likeness (QED) is 0.737. The first-order valence-corrected chi connectivity index (χ1v) is 6.30. The van der Waals surface area contributed by atoms with Crippen molar-refractivity contribution in [2.45, 2.75) is 53.9 Å². The van der Waals surface area contributed by atoms with Crippen LogP contribution in [0.4, 0.5) is 0 Å². The van der Waals surface area contributed by atoms with Crippen molar-refractivity contribution >= 4 is 0 Å². The second-order valence-corrected chi connectivity index (χ2v) is 6.31. The monoisotopic (exact) mass is 219 g/mol. The minimum absolute atomic E-state index is 0.418. The van der Waals surface area contributed by atoms with Crippen LogP contribution in [-0.2, 0) is 12.8 Å². The molecule has 1 aromatic rings. The van der Waals surface area contributed by atoms with Gasteiger partial charge in [-0.1, -0.05) is 34.6 Å². The Bertz CT molecular complexity index is 320. The fourth-order valence-electron chi connectivity index (χ4n) is 1.73. The molecule has 0 aromatic carbocycles. The van der Waals surface area contributed by atoms with Crippen molar-refractivity contribution in [3.63, 3.8) is 0 Å². The maximum atomic E-state index is 4.42. The van der Waals surface area contributed by atoms with E-state index in [1.807, 2.05) is 6.20 Å². The van der Waals surface area contributed by atoms with Crippen molar-refractivity contribution < 1.29 is 0 Å². The van der Waals surface area contributed by atoms with Crippen LogP contribution in [0.25, 0.3) is 0 Å². The van der Waals surface area contributed by atoms with E-state index in [9.17, 15) is 0 Å². The van der Waals surface area contributed by atoms with Crippen LogP contribution in [-0.4, -0.2) is 4.98 Å². The number of nitrogens with zero attached hydrogens (tertiary/aromatic N) is 1. The SMILES string of the molecule is CC(C)Cc1cc(CCC(C)(C)C)ccn1. The molecule has 0 atom stereocenters. The molecule has 0 aliphatic carbocycles. The number of aryl methyl sites for hydroxylation is 1. The predicted molar refractivity (Wildman–Crippen MR) is 70.6 cm³/mol. The lowest BCUT2D eigenvalue weighted by Crippen LogP contribution is -2.07. The van der Waals surface area contributed by atoms with Crippen molar-refractivity contribution in [1.29, 1.82) is 0 Å². The third-order valence-electron chi connectivity index (χ3n) is 2.66. The summed E-state index contributed by atoms with van der Waals surface area (Å²) < 4.78 is 0. The van der Waals surface area contributed by atoms with Crippen molar-refractivity contribution in [2.24, 2.45) is 11.3 Å². The Morgan fingerprint density at radius 3 is 2.50 bits per heavy atom. The third-order valence-corrected chi connectivity index (χ3v) is 2.66. The number of pyridine rings is 1. The molecule has 0 fully saturated rings. The average Bonchev–Trinajstić information content (AvgIpc) is 2.13. The van der Waals surface area contributed by atoms with Gasteiger partial charge in [0.25, 0.3) is 0 Å². The van der Waals surface area contributed by atoms with Gasteiger partial charge in [-0.2, -0.15) is 0 Å². The minimum atomic E-state index is 0.418. The first-order chi connectivity index (χ1) is 7.37. The van der Waals surface area contributed by atoms with Crippen molar-refractivity contribution in [3.05, 3.63) is 29.6 Å². The van der Waals surface area contributed by atoms with E-state index in [4.69, 9.17) is 0 Å². The Morgan fingerprint density at radius 2 is 1.94 bits per heavy atom. The van der Waals surface area contributed by atoms with Crippen LogP contribution in [0.5, 0.6) is 0 Å². The smallest absolute Gasteiger partial charge is 0.0408 e. The van der Waals surface area contributed by atoms with E-state index >= 15 is 0 Å². The van der Waals surface area contributed by atoms with E-state index in [1.165, 1.54) is 17.7 Å². The van der Waals surface area contributed by atoms with Gasteiger partial charge in [-0.05, 0) is 48.3 Å². The Kier molecular flexibility index (Phi) is 4.52. The maximum absolute atomic E-state index is 4.42. The average molecular weight is 219 g/mol. The molecule has 1 rings (SSSR count). The number of hydrogen-bond donors (Lipinski definition) is 0. The molecule has 0 amide bonds. The lowest BCUT2D eigenvalue weighted by molar-refractivity contribution is 0.378. The Morgan fingerprint density at radius 1 is 1.25 bits per heavy atom. The second-order valence-electron chi connectivity index (χ2n) is 6.31. The summed E-state index contributed by atoms with van der Waals surface area (Å²) in [6.45, 7) is 11.4. The van der Waals surface area contributed by atoms with E-state index in [0.29, 0.717) is 11.3 Å². The second kappa shape index (κ2) is 5.47. The molecule has 0 aliphatic rings. The zero-order chi connectivity index (χ0) is 12.2. The third kappa shape index (κ3) is 5.29. The van der Waals surface area contributed by atoms with Crippen molar-refractivity contribution in [1.82, 2.24) is 4.98 Å². The van der Waals surface area contributed by atoms with Crippen LogP contribution in [0.3, 0.4) is 0 Å². The van der Waals surface area contributed by atoms with E-state index < -0.39 is 0 Å². The highest BCUT2D eigenvalue weighted by Crippen LogP contribution is 2.21. The van der Waals surface area contributed by atoms with E-state index in [2.05, 4.69) is 51.7 Å². The van der Waals surface area contributed by atoms with Gasteiger partial charge in [0.2, 0.25) is 0 Å². The van der Waals surface area contributed by atoms with Gasteiger partial charge in [-0.25, -0.2) is 0 Å². The van der Waals surface area contributed by atoms with Crippen LogP contribution in [0.15, 0.2) is 18.3 Å². The van der Waals surface area contributed by atoms with Crippen LogP contribution in [0, 0.1) is 11.3 Å². The molecule has 0 saturated carbocycles. The van der Waals surface area contributed by atoms with E-state index in [1.54, 1.807) is 0 Å². The van der Waals surface area contributed by atoms with Crippen molar-refractivity contribution in [2.75, 3.05) is 0 Å². The summed E-state index contributed by atoms with van der Waals surface area (Å²) in [4.78, 5) is 4.42. The first kappa shape index (κ1) is 13.2. The molecule has 0 bridgehead atoms. The molecule has 16 heavy (non-hydrogen) atoms. The summed E-state index contributed by atoms with van der Waals surface area (Å²) in [5.74, 6) is 0.686. The van der Waals surface area contributed by atoms with Gasteiger partial charge in [-0.15, -0.1) is 0 Å². The molecular weight excluding hydrogens is 194 g/mol. The minimum Gasteiger partial charge on any atom is -0.261 e. The van der Waals surface area contributed by atoms with Crippen LogP contribution >= 0.6 is 0 Å². The van der Waals surface area contributed by atoms with Gasteiger partial charge in [-0.3, -0.25) is 4.98 Å². The molecule has 1 aromatic heterocycles. The molecular formula is C15H25N. The highest BCUT2D eigenvalue weighted by molar-refractivity contribution is 5.17. The van der Waals surface area contributed by atoms with E-state index in [-0.39, 0.29) is 0 Å². The Hall–Kier alpha value is -0.850. The fourth-order valence-corrected chi connectivity index (χ4v) is 1.73. The molecule has 0 unspecified atom stereocenters. The van der Waals surface area contributed by atoms with E-state index in [0.717, 1.165) is 12.8 Å². The standard InChI is InChI=1S/C15H25N/c1-12(2)10-14-11-13(7-9-16-14)6-8-15(3,4)5/h7,9,11-12H,6,8,10H2,1-5H3. The summed E-state index contributed by atoms with van der Waals surface area (Å²) in [5.41, 5.74) is 3.09. The largest absolute Gasteiger partial charge is 0.261 e. The summed E-state index contributed by atoms with van der Waals surface area (Å²) >= 11 is 0. The summed E-state index contributed by atoms with van der Waals surface area (Å²) in [5, 5.41) is 0. The zero-order valence-electron chi connectivity index (χ0n) is 11.4. The number of aromatic nitrogens is 1. The van der Waals surface area contributed by atoms with Crippen LogP contribution in [0.2, 0.25) is 0 Å². The normalized spacial score (nSPS) is 12.1. The summed E-state index contributed by atoms with van der Waals surface area (Å²) in [6, 6.07) is 4.42. The molecule has 1 heterocycles. The molecule has 0 N–H and O–H groups in total. The van der Waals surface area contributed by atoms with Crippen LogP contribution in [0.1, 0.15) is 52.3 Å². The number of hydrogen-bond acceptors (Lipinski definition) is 1. The van der Waals surface area contributed by atoms with Gasteiger partial charge in [0.05, 0.1) is 0 Å².